The van der Waals surface area contributed by atoms with Gasteiger partial charge in [0.1, 0.15) is 6.04 Å². The van der Waals surface area contributed by atoms with Crippen LogP contribution in [0.1, 0.15) is 45.6 Å². The van der Waals surface area contributed by atoms with E-state index in [1.165, 1.54) is 0 Å². The van der Waals surface area contributed by atoms with Gasteiger partial charge in [0.2, 0.25) is 11.8 Å². The molecule has 2 atom stereocenters. The van der Waals surface area contributed by atoms with Crippen LogP contribution in [0.4, 0.5) is 0 Å². The molecule has 0 aliphatic carbocycles. The molecule has 0 heterocycles. The zero-order valence-electron chi connectivity index (χ0n) is 18.5. The van der Waals surface area contributed by atoms with Gasteiger partial charge in [0, 0.05) is 34.7 Å². The second-order valence-corrected chi connectivity index (χ2v) is 9.98. The van der Waals surface area contributed by atoms with E-state index in [2.05, 4.69) is 5.32 Å². The van der Waals surface area contributed by atoms with Gasteiger partial charge in [-0.2, -0.15) is 0 Å². The van der Waals surface area contributed by atoms with E-state index in [0.29, 0.717) is 33.7 Å². The van der Waals surface area contributed by atoms with Gasteiger partial charge >= 0.3 is 0 Å². The van der Waals surface area contributed by atoms with Crippen molar-refractivity contribution < 1.29 is 9.59 Å². The van der Waals surface area contributed by atoms with Crippen molar-refractivity contribution in [2.75, 3.05) is 5.75 Å². The second-order valence-electron chi connectivity index (χ2n) is 7.56. The average Bonchev–Trinajstić information content (AvgIpc) is 2.77. The summed E-state index contributed by atoms with van der Waals surface area (Å²) in [6, 6.07) is 12.3. The second kappa shape index (κ2) is 13.3. The Morgan fingerprint density at radius 3 is 2.28 bits per heavy atom. The Labute approximate surface area is 210 Å². The van der Waals surface area contributed by atoms with Gasteiger partial charge in [-0.1, -0.05) is 54.7 Å². The lowest BCUT2D eigenvalue weighted by Crippen LogP contribution is -2.50. The maximum absolute atomic E-state index is 13.3. The van der Waals surface area contributed by atoms with E-state index in [1.807, 2.05) is 51.1 Å². The Kier molecular flexibility index (Phi) is 11.2. The number of halogens is 3. The van der Waals surface area contributed by atoms with Crippen LogP contribution in [0.5, 0.6) is 0 Å². The molecule has 0 aromatic heterocycles. The number of carbonyl (C=O) groups excluding carboxylic acids is 2. The monoisotopic (exact) mass is 514 g/mol. The molecule has 2 amide bonds. The van der Waals surface area contributed by atoms with Gasteiger partial charge in [-0.25, -0.2) is 0 Å². The summed E-state index contributed by atoms with van der Waals surface area (Å²) in [7, 11) is 0. The summed E-state index contributed by atoms with van der Waals surface area (Å²) < 4.78 is 0. The van der Waals surface area contributed by atoms with E-state index in [4.69, 9.17) is 34.8 Å². The number of nitrogens with zero attached hydrogens (tertiary/aromatic N) is 1. The van der Waals surface area contributed by atoms with Crippen molar-refractivity contribution in [3.63, 3.8) is 0 Å². The number of nitrogens with one attached hydrogen (secondary N) is 1. The fourth-order valence-electron chi connectivity index (χ4n) is 3.13. The van der Waals surface area contributed by atoms with Crippen LogP contribution in [0.15, 0.2) is 47.4 Å². The molecule has 2 aromatic rings. The van der Waals surface area contributed by atoms with Crippen molar-refractivity contribution in [3.8, 4) is 0 Å². The molecule has 2 rings (SSSR count). The molecule has 0 bridgehead atoms. The predicted octanol–water partition coefficient (Wildman–Crippen LogP) is 6.85. The third-order valence-electron chi connectivity index (χ3n) is 5.12. The van der Waals surface area contributed by atoms with E-state index in [-0.39, 0.29) is 24.4 Å². The van der Waals surface area contributed by atoms with Crippen LogP contribution in [-0.4, -0.2) is 34.6 Å². The van der Waals surface area contributed by atoms with Crippen LogP contribution in [0.2, 0.25) is 15.1 Å². The molecule has 4 nitrogen and oxygen atoms in total. The van der Waals surface area contributed by atoms with Gasteiger partial charge in [-0.15, -0.1) is 11.8 Å². The standard InChI is InChI=1S/C24H29Cl3N2O2S/c1-4-16(3)28-24(31)22(5-2)29(15-17-6-11-20(26)21(27)14-17)23(30)12-13-32-19-9-7-18(25)8-10-19/h6-11,14,16,22H,4-5,12-13,15H2,1-3H3,(H,28,31)/t16-,22-/m0/s1. The molecule has 0 aliphatic rings. The van der Waals surface area contributed by atoms with Crippen LogP contribution in [0.25, 0.3) is 0 Å². The van der Waals surface area contributed by atoms with Gasteiger partial charge in [0.05, 0.1) is 10.0 Å². The van der Waals surface area contributed by atoms with Crippen LogP contribution in [0, 0.1) is 0 Å². The number of thioether (sulfide) groups is 1. The SMILES string of the molecule is CC[C@H](C)NC(=O)[C@H](CC)N(Cc1ccc(Cl)c(Cl)c1)C(=O)CCSc1ccc(Cl)cc1. The lowest BCUT2D eigenvalue weighted by molar-refractivity contribution is -0.141. The Hall–Kier alpha value is -1.40. The van der Waals surface area contributed by atoms with E-state index in [0.717, 1.165) is 16.9 Å². The van der Waals surface area contributed by atoms with Gasteiger partial charge in [-0.05, 0) is 61.7 Å². The number of rotatable bonds is 11. The van der Waals surface area contributed by atoms with E-state index >= 15 is 0 Å². The van der Waals surface area contributed by atoms with Crippen molar-refractivity contribution in [1.29, 1.82) is 0 Å². The number of carbonyl (C=O) groups is 2. The third kappa shape index (κ3) is 8.18. The molecule has 0 aliphatic heterocycles. The van der Waals surface area contributed by atoms with Crippen molar-refractivity contribution in [2.45, 2.75) is 63.6 Å². The van der Waals surface area contributed by atoms with Crippen LogP contribution >= 0.6 is 46.6 Å². The minimum atomic E-state index is -0.563. The highest BCUT2D eigenvalue weighted by Crippen LogP contribution is 2.25. The Bertz CT molecular complexity index is 909. The van der Waals surface area contributed by atoms with Gasteiger partial charge in [0.15, 0.2) is 0 Å². The third-order valence-corrected chi connectivity index (χ3v) is 7.13. The van der Waals surface area contributed by atoms with Gasteiger partial charge in [-0.3, -0.25) is 9.59 Å². The Morgan fingerprint density at radius 1 is 1.00 bits per heavy atom. The molecule has 174 valence electrons. The molecule has 32 heavy (non-hydrogen) atoms. The van der Waals surface area contributed by atoms with Crippen molar-refractivity contribution >= 4 is 58.4 Å². The number of hydrogen-bond donors (Lipinski definition) is 1. The first-order valence-electron chi connectivity index (χ1n) is 10.7. The number of amides is 2. The quantitative estimate of drug-likeness (QED) is 0.333. The molecule has 0 saturated heterocycles. The maximum atomic E-state index is 13.3. The Morgan fingerprint density at radius 2 is 1.69 bits per heavy atom. The summed E-state index contributed by atoms with van der Waals surface area (Å²) in [6.45, 7) is 6.17. The first-order valence-corrected chi connectivity index (χ1v) is 12.8. The molecule has 0 radical (unpaired) electrons. The van der Waals surface area contributed by atoms with Crippen LogP contribution < -0.4 is 5.32 Å². The molecule has 0 fully saturated rings. The predicted molar refractivity (Wildman–Crippen MR) is 136 cm³/mol. The van der Waals surface area contributed by atoms with Gasteiger partial charge in [0.25, 0.3) is 0 Å². The summed E-state index contributed by atoms with van der Waals surface area (Å²) in [5.74, 6) is 0.381. The fourth-order valence-corrected chi connectivity index (χ4v) is 4.41. The summed E-state index contributed by atoms with van der Waals surface area (Å²) in [4.78, 5) is 28.9. The molecule has 8 heteroatoms. The minimum Gasteiger partial charge on any atom is -0.352 e. The lowest BCUT2D eigenvalue weighted by atomic mass is 10.1. The minimum absolute atomic E-state index is 0.0407. The van der Waals surface area contributed by atoms with Crippen molar-refractivity contribution in [3.05, 3.63) is 63.1 Å². The maximum Gasteiger partial charge on any atom is 0.243 e. The summed E-state index contributed by atoms with van der Waals surface area (Å²) in [6.07, 6.45) is 1.64. The molecule has 0 unspecified atom stereocenters. The van der Waals surface area contributed by atoms with Crippen molar-refractivity contribution in [1.82, 2.24) is 10.2 Å². The summed E-state index contributed by atoms with van der Waals surface area (Å²) in [5.41, 5.74) is 0.827. The zero-order chi connectivity index (χ0) is 23.7. The number of hydrogen-bond acceptors (Lipinski definition) is 3. The highest BCUT2D eigenvalue weighted by molar-refractivity contribution is 7.99. The molecule has 1 N–H and O–H groups in total. The van der Waals surface area contributed by atoms with E-state index < -0.39 is 6.04 Å². The molecule has 0 saturated carbocycles. The highest BCUT2D eigenvalue weighted by Gasteiger charge is 2.29. The largest absolute Gasteiger partial charge is 0.352 e. The summed E-state index contributed by atoms with van der Waals surface area (Å²) in [5, 5.41) is 4.56. The highest BCUT2D eigenvalue weighted by atomic mass is 35.5. The molecule has 0 spiro atoms. The molecular formula is C24H29Cl3N2O2S. The Balaban J connectivity index is 2.16. The molecule has 2 aromatic carbocycles. The normalized spacial score (nSPS) is 12.8. The first kappa shape index (κ1) is 26.8. The topological polar surface area (TPSA) is 49.4 Å². The fraction of sp³-hybridized carbons (Fsp3) is 0.417. The number of benzene rings is 2. The average molecular weight is 516 g/mol. The lowest BCUT2D eigenvalue weighted by Gasteiger charge is -2.31. The van der Waals surface area contributed by atoms with Gasteiger partial charge < -0.3 is 10.2 Å². The van der Waals surface area contributed by atoms with Crippen molar-refractivity contribution in [2.24, 2.45) is 0 Å². The van der Waals surface area contributed by atoms with Crippen LogP contribution in [0.3, 0.4) is 0 Å². The zero-order valence-corrected chi connectivity index (χ0v) is 21.6. The van der Waals surface area contributed by atoms with E-state index in [1.54, 1.807) is 28.8 Å². The first-order chi connectivity index (χ1) is 15.2. The summed E-state index contributed by atoms with van der Waals surface area (Å²) >= 11 is 19.7. The van der Waals surface area contributed by atoms with Crippen LogP contribution in [-0.2, 0) is 16.1 Å². The molecular weight excluding hydrogens is 487 g/mol. The smallest absolute Gasteiger partial charge is 0.243 e. The van der Waals surface area contributed by atoms with E-state index in [9.17, 15) is 9.59 Å².